The fourth-order valence-electron chi connectivity index (χ4n) is 2.97. The summed E-state index contributed by atoms with van der Waals surface area (Å²) in [5.41, 5.74) is 0.457. The lowest BCUT2D eigenvalue weighted by atomic mass is 9.80. The van der Waals surface area contributed by atoms with Crippen molar-refractivity contribution in [1.29, 1.82) is 0 Å². The van der Waals surface area contributed by atoms with Crippen molar-refractivity contribution in [2.45, 2.75) is 52.4 Å². The summed E-state index contributed by atoms with van der Waals surface area (Å²) in [6.45, 7) is 4.04. The van der Waals surface area contributed by atoms with E-state index in [4.69, 9.17) is 4.74 Å². The van der Waals surface area contributed by atoms with E-state index in [1.54, 1.807) is 19.1 Å². The van der Waals surface area contributed by atoms with Crippen LogP contribution in [0.4, 0.5) is 8.78 Å². The van der Waals surface area contributed by atoms with Crippen molar-refractivity contribution in [3.05, 3.63) is 41.7 Å². The maximum atomic E-state index is 14.0. The van der Waals surface area contributed by atoms with Gasteiger partial charge in [0.25, 0.3) is 0 Å². The first-order valence-electron chi connectivity index (χ1n) is 7.86. The van der Waals surface area contributed by atoms with Crippen molar-refractivity contribution in [1.82, 2.24) is 0 Å². The van der Waals surface area contributed by atoms with Crippen LogP contribution in [0.15, 0.2) is 24.5 Å². The molecule has 1 aromatic rings. The van der Waals surface area contributed by atoms with E-state index in [2.05, 4.69) is 6.92 Å². The zero-order valence-electron chi connectivity index (χ0n) is 12.9. The van der Waals surface area contributed by atoms with E-state index in [1.807, 2.05) is 0 Å². The number of hydrogen-bond donors (Lipinski definition) is 0. The second kappa shape index (κ2) is 7.58. The summed E-state index contributed by atoms with van der Waals surface area (Å²) in [5.74, 6) is -0.231. The van der Waals surface area contributed by atoms with E-state index in [0.717, 1.165) is 12.3 Å². The van der Waals surface area contributed by atoms with Crippen LogP contribution in [0.5, 0.6) is 5.75 Å². The maximum absolute atomic E-state index is 14.0. The van der Waals surface area contributed by atoms with Crippen molar-refractivity contribution in [3.8, 4) is 5.75 Å². The summed E-state index contributed by atoms with van der Waals surface area (Å²) in [4.78, 5) is 0. The molecule has 0 aliphatic heterocycles. The third-order valence-corrected chi connectivity index (χ3v) is 4.42. The summed E-state index contributed by atoms with van der Waals surface area (Å²) < 4.78 is 32.9. The molecule has 1 nitrogen and oxygen atoms in total. The molecule has 1 aliphatic rings. The molecule has 1 aromatic carbocycles. The minimum Gasteiger partial charge on any atom is -0.462 e. The molecule has 0 heterocycles. The van der Waals surface area contributed by atoms with E-state index in [1.165, 1.54) is 38.0 Å². The molecular weight excluding hydrogens is 270 g/mol. The molecule has 3 heteroatoms. The van der Waals surface area contributed by atoms with Gasteiger partial charge < -0.3 is 4.74 Å². The lowest BCUT2D eigenvalue weighted by molar-refractivity contribution is 0.277. The van der Waals surface area contributed by atoms with Gasteiger partial charge in [0.1, 0.15) is 0 Å². The van der Waals surface area contributed by atoms with Gasteiger partial charge >= 0.3 is 0 Å². The van der Waals surface area contributed by atoms with Gasteiger partial charge in [0, 0.05) is 0 Å². The Morgan fingerprint density at radius 3 is 2.52 bits per heavy atom. The molecule has 0 radical (unpaired) electrons. The third-order valence-electron chi connectivity index (χ3n) is 4.42. The Morgan fingerprint density at radius 1 is 1.14 bits per heavy atom. The van der Waals surface area contributed by atoms with Crippen molar-refractivity contribution < 1.29 is 13.5 Å². The molecule has 0 atom stereocenters. The monoisotopic (exact) mass is 294 g/mol. The van der Waals surface area contributed by atoms with Crippen LogP contribution in [0.25, 0.3) is 0 Å². The zero-order valence-corrected chi connectivity index (χ0v) is 12.9. The largest absolute Gasteiger partial charge is 0.462 e. The number of hydrogen-bond acceptors (Lipinski definition) is 1. The first-order chi connectivity index (χ1) is 10.1. The summed E-state index contributed by atoms with van der Waals surface area (Å²) in [6, 6.07) is 3.15. The Hall–Kier alpha value is -1.38. The van der Waals surface area contributed by atoms with Gasteiger partial charge in [-0.25, -0.2) is 4.39 Å². The van der Waals surface area contributed by atoms with Gasteiger partial charge in [0.15, 0.2) is 11.6 Å². The van der Waals surface area contributed by atoms with Crippen LogP contribution in [0.2, 0.25) is 0 Å². The third kappa shape index (κ3) is 4.29. The minimum atomic E-state index is -0.886. The molecule has 116 valence electrons. The van der Waals surface area contributed by atoms with E-state index >= 15 is 0 Å². The maximum Gasteiger partial charge on any atom is 0.201 e. The minimum absolute atomic E-state index is 0.0548. The van der Waals surface area contributed by atoms with Crippen LogP contribution < -0.4 is 4.74 Å². The van der Waals surface area contributed by atoms with Gasteiger partial charge in [0.05, 0.1) is 6.26 Å². The number of allylic oxidation sites excluding steroid dienone is 1. The van der Waals surface area contributed by atoms with E-state index in [-0.39, 0.29) is 5.75 Å². The standard InChI is InChI=1S/C18H24F2O/c1-3-12-21-16-11-10-15(17(19)18(16)20)9-8-14-6-4-13(2)5-7-14/h3,10-14H,4-9H2,1-2H3/b12-3+. The van der Waals surface area contributed by atoms with E-state index in [9.17, 15) is 8.78 Å². The molecule has 1 fully saturated rings. The second-order valence-electron chi connectivity index (χ2n) is 6.10. The molecule has 1 aliphatic carbocycles. The predicted octanol–water partition coefficient (Wildman–Crippen LogP) is 5.64. The highest BCUT2D eigenvalue weighted by molar-refractivity contribution is 5.31. The zero-order chi connectivity index (χ0) is 15.2. The first kappa shape index (κ1) is 16.0. The lowest BCUT2D eigenvalue weighted by Crippen LogP contribution is -2.13. The predicted molar refractivity (Wildman–Crippen MR) is 81.2 cm³/mol. The highest BCUT2D eigenvalue weighted by atomic mass is 19.2. The van der Waals surface area contributed by atoms with Crippen molar-refractivity contribution in [3.63, 3.8) is 0 Å². The molecule has 0 aromatic heterocycles. The number of rotatable bonds is 5. The Kier molecular flexibility index (Phi) is 5.77. The van der Waals surface area contributed by atoms with Crippen molar-refractivity contribution in [2.24, 2.45) is 11.8 Å². The fourth-order valence-corrected chi connectivity index (χ4v) is 2.97. The highest BCUT2D eigenvalue weighted by Gasteiger charge is 2.20. The summed E-state index contributed by atoms with van der Waals surface area (Å²) >= 11 is 0. The molecule has 0 bridgehead atoms. The smallest absolute Gasteiger partial charge is 0.201 e. The summed E-state index contributed by atoms with van der Waals surface area (Å²) in [5, 5.41) is 0. The van der Waals surface area contributed by atoms with Crippen LogP contribution in [0, 0.1) is 23.5 Å². The number of benzene rings is 1. The molecule has 0 amide bonds. The molecule has 1 saturated carbocycles. The van der Waals surface area contributed by atoms with Gasteiger partial charge in [-0.15, -0.1) is 0 Å². The molecule has 0 unspecified atom stereocenters. The van der Waals surface area contributed by atoms with Crippen LogP contribution >= 0.6 is 0 Å². The van der Waals surface area contributed by atoms with Crippen LogP contribution in [0.3, 0.4) is 0 Å². The van der Waals surface area contributed by atoms with Gasteiger partial charge in [-0.05, 0) is 43.2 Å². The molecule has 0 spiro atoms. The topological polar surface area (TPSA) is 9.23 Å². The SMILES string of the molecule is C/C=C/Oc1ccc(CCC2CCC(C)CC2)c(F)c1F. The van der Waals surface area contributed by atoms with E-state index in [0.29, 0.717) is 17.9 Å². The first-order valence-corrected chi connectivity index (χ1v) is 7.86. The van der Waals surface area contributed by atoms with E-state index < -0.39 is 11.6 Å². The van der Waals surface area contributed by atoms with Gasteiger partial charge in [0.2, 0.25) is 5.82 Å². The van der Waals surface area contributed by atoms with Crippen LogP contribution in [-0.4, -0.2) is 0 Å². The van der Waals surface area contributed by atoms with Gasteiger partial charge in [-0.1, -0.05) is 44.7 Å². The van der Waals surface area contributed by atoms with Crippen molar-refractivity contribution in [2.75, 3.05) is 0 Å². The normalized spacial score (nSPS) is 22.7. The molecule has 0 saturated heterocycles. The highest BCUT2D eigenvalue weighted by Crippen LogP contribution is 2.32. The molecule has 21 heavy (non-hydrogen) atoms. The Morgan fingerprint density at radius 2 is 1.86 bits per heavy atom. The Bertz CT molecular complexity index is 488. The quantitative estimate of drug-likeness (QED) is 0.639. The average molecular weight is 294 g/mol. The number of ether oxygens (including phenoxy) is 1. The Labute approximate surface area is 126 Å². The fraction of sp³-hybridized carbons (Fsp3) is 0.556. The number of aryl methyl sites for hydroxylation is 1. The summed E-state index contributed by atoms with van der Waals surface area (Å²) in [6.07, 6.45) is 9.48. The van der Waals surface area contributed by atoms with Gasteiger partial charge in [-0.3, -0.25) is 0 Å². The van der Waals surface area contributed by atoms with Crippen LogP contribution in [0.1, 0.15) is 51.5 Å². The summed E-state index contributed by atoms with van der Waals surface area (Å²) in [7, 11) is 0. The molecule has 0 N–H and O–H groups in total. The van der Waals surface area contributed by atoms with Gasteiger partial charge in [-0.2, -0.15) is 4.39 Å². The number of halogens is 2. The average Bonchev–Trinajstić information content (AvgIpc) is 2.49. The molecule has 2 rings (SSSR count). The van der Waals surface area contributed by atoms with Crippen LogP contribution in [-0.2, 0) is 6.42 Å². The van der Waals surface area contributed by atoms with Crippen molar-refractivity contribution >= 4 is 0 Å². The Balaban J connectivity index is 1.96. The second-order valence-corrected chi connectivity index (χ2v) is 6.10. The lowest BCUT2D eigenvalue weighted by Gasteiger charge is -2.26. The molecular formula is C18H24F2O.